The van der Waals surface area contributed by atoms with E-state index in [4.69, 9.17) is 10.5 Å². The molecule has 0 aliphatic carbocycles. The molecule has 1 fully saturated rings. The number of ether oxygens (including phenoxy) is 1. The fraction of sp³-hybridized carbons (Fsp3) is 0.571. The lowest BCUT2D eigenvalue weighted by atomic mass is 10.0. The molecule has 2 rings (SSSR count). The summed E-state index contributed by atoms with van der Waals surface area (Å²) in [6, 6.07) is 3.45. The molecule has 1 aromatic rings. The second-order valence-electron chi connectivity index (χ2n) is 5.65. The molecular formula is C14H22N2O3S. The molecule has 0 aromatic heterocycles. The van der Waals surface area contributed by atoms with E-state index in [-0.39, 0.29) is 17.1 Å². The number of sulfonamides is 1. The average Bonchev–Trinajstić information content (AvgIpc) is 2.80. The highest BCUT2D eigenvalue weighted by Gasteiger charge is 2.32. The first kappa shape index (κ1) is 15.3. The standard InChI is InChI=1S/C14H22N2O3S/c1-10-5-6-12(15)13(11(10)2)20(17,18)16-9-14(3)7-4-8-19-14/h5-6,16H,4,7-9,15H2,1-3H3. The molecule has 5 nitrogen and oxygen atoms in total. The van der Waals surface area contributed by atoms with E-state index in [1.807, 2.05) is 19.9 Å². The maximum absolute atomic E-state index is 12.5. The third-order valence-electron chi connectivity index (χ3n) is 3.91. The summed E-state index contributed by atoms with van der Waals surface area (Å²) in [7, 11) is -3.62. The number of hydrogen-bond acceptors (Lipinski definition) is 4. The van der Waals surface area contributed by atoms with E-state index >= 15 is 0 Å². The van der Waals surface area contributed by atoms with Crippen molar-refractivity contribution in [2.75, 3.05) is 18.9 Å². The average molecular weight is 298 g/mol. The molecule has 0 radical (unpaired) electrons. The molecule has 1 aromatic carbocycles. The van der Waals surface area contributed by atoms with Crippen LogP contribution in [-0.4, -0.2) is 27.2 Å². The van der Waals surface area contributed by atoms with Crippen LogP contribution < -0.4 is 10.5 Å². The highest BCUT2D eigenvalue weighted by atomic mass is 32.2. The van der Waals surface area contributed by atoms with Gasteiger partial charge in [-0.15, -0.1) is 0 Å². The van der Waals surface area contributed by atoms with Crippen LogP contribution in [0.1, 0.15) is 30.9 Å². The lowest BCUT2D eigenvalue weighted by Gasteiger charge is -2.24. The first-order chi connectivity index (χ1) is 9.25. The van der Waals surface area contributed by atoms with Gasteiger partial charge in [-0.3, -0.25) is 0 Å². The van der Waals surface area contributed by atoms with E-state index in [2.05, 4.69) is 4.72 Å². The van der Waals surface area contributed by atoms with Crippen molar-refractivity contribution < 1.29 is 13.2 Å². The number of nitrogens with two attached hydrogens (primary N) is 1. The summed E-state index contributed by atoms with van der Waals surface area (Å²) in [6.45, 7) is 6.52. The Kier molecular flexibility index (Phi) is 4.09. The first-order valence-corrected chi connectivity index (χ1v) is 8.23. The molecule has 1 saturated heterocycles. The second-order valence-corrected chi connectivity index (χ2v) is 7.36. The summed E-state index contributed by atoms with van der Waals surface area (Å²) < 4.78 is 33.2. The second kappa shape index (κ2) is 5.35. The van der Waals surface area contributed by atoms with Crippen LogP contribution in [-0.2, 0) is 14.8 Å². The number of rotatable bonds is 4. The van der Waals surface area contributed by atoms with Gasteiger partial charge in [-0.1, -0.05) is 6.07 Å². The Morgan fingerprint density at radius 2 is 2.10 bits per heavy atom. The van der Waals surface area contributed by atoms with E-state index in [1.54, 1.807) is 13.0 Å². The van der Waals surface area contributed by atoms with E-state index in [0.717, 1.165) is 18.4 Å². The van der Waals surface area contributed by atoms with Gasteiger partial charge in [0.05, 0.1) is 11.3 Å². The van der Waals surface area contributed by atoms with Gasteiger partial charge in [0.2, 0.25) is 10.0 Å². The number of anilines is 1. The lowest BCUT2D eigenvalue weighted by molar-refractivity contribution is 0.0250. The van der Waals surface area contributed by atoms with Gasteiger partial charge in [-0.25, -0.2) is 13.1 Å². The molecule has 0 saturated carbocycles. The lowest BCUT2D eigenvalue weighted by Crippen LogP contribution is -2.40. The molecule has 6 heteroatoms. The fourth-order valence-electron chi connectivity index (χ4n) is 2.46. The van der Waals surface area contributed by atoms with E-state index in [1.165, 1.54) is 0 Å². The van der Waals surface area contributed by atoms with Crippen molar-refractivity contribution in [1.29, 1.82) is 0 Å². The Morgan fingerprint density at radius 3 is 2.70 bits per heavy atom. The van der Waals surface area contributed by atoms with Crippen LogP contribution in [0.4, 0.5) is 5.69 Å². The summed E-state index contributed by atoms with van der Waals surface area (Å²) in [4.78, 5) is 0.180. The highest BCUT2D eigenvalue weighted by molar-refractivity contribution is 7.89. The Hall–Kier alpha value is -1.11. The summed E-state index contributed by atoms with van der Waals surface area (Å²) >= 11 is 0. The van der Waals surface area contributed by atoms with Crippen LogP contribution in [0.15, 0.2) is 17.0 Å². The zero-order chi connectivity index (χ0) is 15.0. The maximum atomic E-state index is 12.5. The molecule has 0 bridgehead atoms. The van der Waals surface area contributed by atoms with Crippen molar-refractivity contribution in [2.45, 2.75) is 44.1 Å². The molecule has 1 unspecified atom stereocenters. The summed E-state index contributed by atoms with van der Waals surface area (Å²) in [5.41, 5.74) is 7.30. The van der Waals surface area contributed by atoms with E-state index < -0.39 is 15.6 Å². The van der Waals surface area contributed by atoms with Crippen LogP contribution in [0.5, 0.6) is 0 Å². The van der Waals surface area contributed by atoms with Crippen LogP contribution in [0, 0.1) is 13.8 Å². The highest BCUT2D eigenvalue weighted by Crippen LogP contribution is 2.27. The van der Waals surface area contributed by atoms with Gasteiger partial charge in [0, 0.05) is 13.2 Å². The molecule has 0 amide bonds. The number of benzene rings is 1. The largest absolute Gasteiger partial charge is 0.398 e. The van der Waals surface area contributed by atoms with Gasteiger partial charge in [-0.05, 0) is 50.8 Å². The van der Waals surface area contributed by atoms with Crippen LogP contribution >= 0.6 is 0 Å². The molecule has 1 atom stereocenters. The van der Waals surface area contributed by atoms with Crippen molar-refractivity contribution in [2.24, 2.45) is 0 Å². The Labute approximate surface area is 120 Å². The van der Waals surface area contributed by atoms with Crippen LogP contribution in [0.25, 0.3) is 0 Å². The van der Waals surface area contributed by atoms with Crippen LogP contribution in [0.2, 0.25) is 0 Å². The summed E-state index contributed by atoms with van der Waals surface area (Å²) in [6.07, 6.45) is 1.82. The minimum atomic E-state index is -3.62. The molecule has 1 heterocycles. The number of nitrogen functional groups attached to an aromatic ring is 1. The minimum absolute atomic E-state index is 0.180. The predicted octanol–water partition coefficient (Wildman–Crippen LogP) is 1.73. The smallest absolute Gasteiger partial charge is 0.242 e. The van der Waals surface area contributed by atoms with Crippen molar-refractivity contribution in [3.63, 3.8) is 0 Å². The van der Waals surface area contributed by atoms with Crippen LogP contribution in [0.3, 0.4) is 0 Å². The van der Waals surface area contributed by atoms with E-state index in [0.29, 0.717) is 12.2 Å². The van der Waals surface area contributed by atoms with E-state index in [9.17, 15) is 8.42 Å². The molecule has 1 aliphatic rings. The number of aryl methyl sites for hydroxylation is 1. The van der Waals surface area contributed by atoms with Gasteiger partial charge in [0.25, 0.3) is 0 Å². The zero-order valence-corrected chi connectivity index (χ0v) is 13.0. The summed E-state index contributed by atoms with van der Waals surface area (Å²) in [5.74, 6) is 0. The Balaban J connectivity index is 2.25. The molecule has 3 N–H and O–H groups in total. The Bertz CT molecular complexity index is 605. The van der Waals surface area contributed by atoms with Crippen molar-refractivity contribution in [3.8, 4) is 0 Å². The third kappa shape index (κ3) is 2.97. The topological polar surface area (TPSA) is 81.4 Å². The maximum Gasteiger partial charge on any atom is 0.242 e. The minimum Gasteiger partial charge on any atom is -0.398 e. The molecular weight excluding hydrogens is 276 g/mol. The van der Waals surface area contributed by atoms with Gasteiger partial charge >= 0.3 is 0 Å². The number of nitrogens with one attached hydrogen (secondary N) is 1. The first-order valence-electron chi connectivity index (χ1n) is 6.74. The normalized spacial score (nSPS) is 23.1. The zero-order valence-electron chi connectivity index (χ0n) is 12.2. The third-order valence-corrected chi connectivity index (χ3v) is 5.52. The van der Waals surface area contributed by atoms with Gasteiger partial charge in [0.15, 0.2) is 0 Å². The molecule has 20 heavy (non-hydrogen) atoms. The van der Waals surface area contributed by atoms with Crippen molar-refractivity contribution >= 4 is 15.7 Å². The predicted molar refractivity (Wildman–Crippen MR) is 79.1 cm³/mol. The SMILES string of the molecule is Cc1ccc(N)c(S(=O)(=O)NCC2(C)CCCO2)c1C. The Morgan fingerprint density at radius 1 is 1.40 bits per heavy atom. The monoisotopic (exact) mass is 298 g/mol. The van der Waals surface area contributed by atoms with Gasteiger partial charge in [-0.2, -0.15) is 0 Å². The fourth-order valence-corrected chi connectivity index (χ4v) is 4.05. The molecule has 1 aliphatic heterocycles. The quantitative estimate of drug-likeness (QED) is 0.830. The summed E-state index contributed by atoms with van der Waals surface area (Å²) in [5, 5.41) is 0. The van der Waals surface area contributed by atoms with Gasteiger partial charge in [0.1, 0.15) is 4.90 Å². The van der Waals surface area contributed by atoms with Crippen molar-refractivity contribution in [3.05, 3.63) is 23.3 Å². The van der Waals surface area contributed by atoms with Gasteiger partial charge < -0.3 is 10.5 Å². The van der Waals surface area contributed by atoms with Crippen molar-refractivity contribution in [1.82, 2.24) is 4.72 Å². The number of hydrogen-bond donors (Lipinski definition) is 2. The molecule has 0 spiro atoms. The molecule has 112 valence electrons.